The molecule has 2 N–H and O–H groups in total. The van der Waals surface area contributed by atoms with Gasteiger partial charge in [-0.05, 0) is 25.8 Å². The van der Waals surface area contributed by atoms with Crippen LogP contribution < -0.4 is 10.6 Å². The van der Waals surface area contributed by atoms with E-state index in [9.17, 15) is 13.6 Å². The molecule has 0 saturated carbocycles. The highest BCUT2D eigenvalue weighted by atomic mass is 19.1. The average molecular weight is 508 g/mol. The van der Waals surface area contributed by atoms with Crippen LogP contribution in [0.15, 0.2) is 43.1 Å². The molecule has 0 aromatic carbocycles. The van der Waals surface area contributed by atoms with Gasteiger partial charge in [-0.25, -0.2) is 18.3 Å². The summed E-state index contributed by atoms with van der Waals surface area (Å²) in [6.45, 7) is 6.30. The van der Waals surface area contributed by atoms with Gasteiger partial charge in [0.2, 0.25) is 0 Å². The van der Waals surface area contributed by atoms with Crippen molar-refractivity contribution in [1.82, 2.24) is 34.7 Å². The molecule has 4 aromatic rings. The maximum absolute atomic E-state index is 14.1. The van der Waals surface area contributed by atoms with Gasteiger partial charge < -0.3 is 10.6 Å². The van der Waals surface area contributed by atoms with E-state index in [-0.39, 0.29) is 24.6 Å². The molecule has 1 atom stereocenters. The maximum atomic E-state index is 14.1. The van der Waals surface area contributed by atoms with Gasteiger partial charge in [-0.3, -0.25) is 14.5 Å². The minimum Gasteiger partial charge on any atom is -0.352 e. The average Bonchev–Trinajstić information content (AvgIpc) is 3.47. The first kappa shape index (κ1) is 25.7. The number of carbonyl (C=O) groups excluding carboxylic acids is 1. The van der Waals surface area contributed by atoms with Gasteiger partial charge in [0.15, 0.2) is 5.65 Å². The van der Waals surface area contributed by atoms with E-state index < -0.39 is 17.7 Å². The number of imidazole rings is 1. The number of aromatic nitrogens is 6. The van der Waals surface area contributed by atoms with Gasteiger partial charge in [0.1, 0.15) is 23.6 Å². The number of hydrogen-bond acceptors (Lipinski definition) is 7. The fourth-order valence-corrected chi connectivity index (χ4v) is 3.57. The van der Waals surface area contributed by atoms with Crippen molar-refractivity contribution in [2.45, 2.75) is 46.1 Å². The molecule has 0 aliphatic heterocycles. The lowest BCUT2D eigenvalue weighted by molar-refractivity contribution is 0.0935. The molecule has 1 amide bonds. The lowest BCUT2D eigenvalue weighted by atomic mass is 10.1. The van der Waals surface area contributed by atoms with Gasteiger partial charge in [-0.2, -0.15) is 15.5 Å². The first-order chi connectivity index (χ1) is 17.5. The van der Waals surface area contributed by atoms with Crippen LogP contribution >= 0.6 is 0 Å². The smallest absolute Gasteiger partial charge is 0.255 e. The quantitative estimate of drug-likeness (QED) is 0.350. The van der Waals surface area contributed by atoms with Crippen molar-refractivity contribution in [3.8, 4) is 17.5 Å². The van der Waals surface area contributed by atoms with Gasteiger partial charge >= 0.3 is 0 Å². The number of halogens is 2. The number of alkyl halides is 2. The Bertz CT molecular complexity index is 1460. The number of nitrogens with zero attached hydrogens (tertiary/aromatic N) is 7. The Morgan fingerprint density at radius 1 is 1.16 bits per heavy atom. The monoisotopic (exact) mass is 507 g/mol. The van der Waals surface area contributed by atoms with Crippen LogP contribution in [-0.4, -0.2) is 53.7 Å². The molecule has 4 aromatic heterocycles. The van der Waals surface area contributed by atoms with Crippen LogP contribution in [0.5, 0.6) is 0 Å². The lowest BCUT2D eigenvalue weighted by Gasteiger charge is -2.15. The Morgan fingerprint density at radius 3 is 2.65 bits per heavy atom. The fraction of sp³-hybridized carbons (Fsp3) is 0.360. The molecule has 0 radical (unpaired) electrons. The van der Waals surface area contributed by atoms with Crippen LogP contribution in [0.2, 0.25) is 0 Å². The van der Waals surface area contributed by atoms with Crippen LogP contribution in [0.3, 0.4) is 0 Å². The molecule has 0 bridgehead atoms. The Hall–Kier alpha value is -4.40. The second-order valence-corrected chi connectivity index (χ2v) is 9.62. The number of fused-ring (bicyclic) bond motifs is 1. The molecule has 0 fully saturated rings. The van der Waals surface area contributed by atoms with E-state index in [1.54, 1.807) is 38.4 Å². The summed E-state index contributed by atoms with van der Waals surface area (Å²) in [4.78, 5) is 21.7. The summed E-state index contributed by atoms with van der Waals surface area (Å²) in [5, 5.41) is 23.3. The number of anilines is 2. The van der Waals surface area contributed by atoms with Crippen molar-refractivity contribution in [3.05, 3.63) is 54.2 Å². The fourth-order valence-electron chi connectivity index (χ4n) is 3.57. The molecule has 1 unspecified atom stereocenters. The number of hydrogen-bond donors (Lipinski definition) is 2. The van der Waals surface area contributed by atoms with E-state index in [1.165, 1.54) is 41.6 Å². The molecule has 0 spiro atoms. The third-order valence-corrected chi connectivity index (χ3v) is 5.53. The van der Waals surface area contributed by atoms with Crippen molar-refractivity contribution in [2.75, 3.05) is 11.9 Å². The van der Waals surface area contributed by atoms with E-state index in [0.29, 0.717) is 34.0 Å². The highest BCUT2D eigenvalue weighted by molar-refractivity contribution is 6.00. The first-order valence-corrected chi connectivity index (χ1v) is 11.7. The Labute approximate surface area is 212 Å². The van der Waals surface area contributed by atoms with Crippen molar-refractivity contribution in [1.29, 1.82) is 5.26 Å². The third-order valence-electron chi connectivity index (χ3n) is 5.53. The Kier molecular flexibility index (Phi) is 7.15. The second-order valence-electron chi connectivity index (χ2n) is 9.62. The van der Waals surface area contributed by atoms with Crippen LogP contribution in [-0.2, 0) is 6.54 Å². The minimum atomic E-state index is -1.46. The zero-order valence-electron chi connectivity index (χ0n) is 20.9. The summed E-state index contributed by atoms with van der Waals surface area (Å²) in [5.41, 5.74) is 1.45. The van der Waals surface area contributed by atoms with Gasteiger partial charge in [0.05, 0.1) is 53.3 Å². The predicted molar refractivity (Wildman–Crippen MR) is 134 cm³/mol. The SMILES string of the molecule is CC(C)C(F)CNC(=O)c1cnc(-c2cnc3cc(C#N)cnn23)cc1Nc1cnn(CC(C)(C)F)c1. The highest BCUT2D eigenvalue weighted by Crippen LogP contribution is 2.27. The van der Waals surface area contributed by atoms with Gasteiger partial charge in [0, 0.05) is 25.0 Å². The number of carbonyl (C=O) groups is 1. The molecule has 37 heavy (non-hydrogen) atoms. The summed E-state index contributed by atoms with van der Waals surface area (Å²) in [6.07, 6.45) is 6.31. The lowest BCUT2D eigenvalue weighted by Crippen LogP contribution is -2.32. The molecule has 0 aliphatic rings. The predicted octanol–water partition coefficient (Wildman–Crippen LogP) is 4.08. The molecular formula is C25H27F2N9O. The molecule has 12 heteroatoms. The topological polar surface area (TPSA) is 126 Å². The molecule has 0 aliphatic carbocycles. The number of nitrogens with one attached hydrogen (secondary N) is 2. The van der Waals surface area contributed by atoms with E-state index in [1.807, 2.05) is 6.07 Å². The summed E-state index contributed by atoms with van der Waals surface area (Å²) in [6, 6.07) is 5.26. The van der Waals surface area contributed by atoms with E-state index in [0.717, 1.165) is 0 Å². The number of rotatable bonds is 9. The van der Waals surface area contributed by atoms with E-state index >= 15 is 0 Å². The number of amides is 1. The van der Waals surface area contributed by atoms with Crippen molar-refractivity contribution in [2.24, 2.45) is 5.92 Å². The third kappa shape index (κ3) is 6.06. The van der Waals surface area contributed by atoms with Gasteiger partial charge in [-0.15, -0.1) is 0 Å². The minimum absolute atomic E-state index is 0.0505. The van der Waals surface area contributed by atoms with Crippen LogP contribution in [0.25, 0.3) is 17.0 Å². The number of nitriles is 1. The standard InChI is InChI=1S/C25H27F2N9O/c1-15(2)19(26)11-31-24(37)18-10-29-21(22-12-30-23-5-16(7-28)8-33-36(22)23)6-20(18)34-17-9-32-35(13-17)14-25(3,4)27/h5-6,8-10,12-13,15,19H,11,14H2,1-4H3,(H,29,34)(H,31,37). The first-order valence-electron chi connectivity index (χ1n) is 11.7. The molecule has 0 saturated heterocycles. The maximum Gasteiger partial charge on any atom is 0.255 e. The molecule has 4 rings (SSSR count). The van der Waals surface area contributed by atoms with Crippen molar-refractivity contribution >= 4 is 22.9 Å². The summed E-state index contributed by atoms with van der Waals surface area (Å²) < 4.78 is 31.2. The van der Waals surface area contributed by atoms with Crippen LogP contribution in [0.1, 0.15) is 43.6 Å². The summed E-state index contributed by atoms with van der Waals surface area (Å²) >= 11 is 0. The molecule has 10 nitrogen and oxygen atoms in total. The summed E-state index contributed by atoms with van der Waals surface area (Å²) in [5.74, 6) is -0.745. The largest absolute Gasteiger partial charge is 0.352 e. The zero-order chi connectivity index (χ0) is 26.7. The Morgan fingerprint density at radius 2 is 1.95 bits per heavy atom. The van der Waals surface area contributed by atoms with Gasteiger partial charge in [-0.1, -0.05) is 13.8 Å². The second kappa shape index (κ2) is 10.3. The van der Waals surface area contributed by atoms with Crippen molar-refractivity contribution in [3.63, 3.8) is 0 Å². The molecular weight excluding hydrogens is 480 g/mol. The Balaban J connectivity index is 1.69. The van der Waals surface area contributed by atoms with Gasteiger partial charge in [0.25, 0.3) is 5.91 Å². The van der Waals surface area contributed by atoms with Crippen LogP contribution in [0.4, 0.5) is 20.2 Å². The highest BCUT2D eigenvalue weighted by Gasteiger charge is 2.20. The van der Waals surface area contributed by atoms with Crippen LogP contribution in [0, 0.1) is 17.2 Å². The van der Waals surface area contributed by atoms with Crippen molar-refractivity contribution < 1.29 is 13.6 Å². The van der Waals surface area contributed by atoms with E-state index in [2.05, 4.69) is 30.8 Å². The summed E-state index contributed by atoms with van der Waals surface area (Å²) in [7, 11) is 0. The molecule has 192 valence electrons. The van der Waals surface area contributed by atoms with E-state index in [4.69, 9.17) is 5.26 Å². The normalized spacial score (nSPS) is 12.5. The zero-order valence-corrected chi connectivity index (χ0v) is 20.9. The number of pyridine rings is 1. The molecule has 4 heterocycles.